The second kappa shape index (κ2) is 15.7. The number of hydrogen-bond donors (Lipinski definition) is 2. The van der Waals surface area contributed by atoms with E-state index in [9.17, 15) is 4.79 Å². The van der Waals surface area contributed by atoms with Crippen molar-refractivity contribution in [3.05, 3.63) is 0 Å². The van der Waals surface area contributed by atoms with Crippen molar-refractivity contribution in [2.75, 3.05) is 26.4 Å². The zero-order valence-electron chi connectivity index (χ0n) is 13.5. The van der Waals surface area contributed by atoms with Crippen LogP contribution in [0.15, 0.2) is 0 Å². The molecule has 0 spiro atoms. The van der Waals surface area contributed by atoms with Crippen molar-refractivity contribution in [3.63, 3.8) is 0 Å². The van der Waals surface area contributed by atoms with Crippen molar-refractivity contribution in [1.29, 1.82) is 0 Å². The molecule has 0 aliphatic rings. The van der Waals surface area contributed by atoms with Crippen molar-refractivity contribution in [2.45, 2.75) is 70.8 Å². The lowest BCUT2D eigenvalue weighted by atomic mass is 10.1. The van der Waals surface area contributed by atoms with Crippen LogP contribution >= 0.6 is 0 Å². The van der Waals surface area contributed by atoms with Gasteiger partial charge in [0.15, 0.2) is 6.10 Å². The summed E-state index contributed by atoms with van der Waals surface area (Å²) >= 11 is 0. The smallest absolute Gasteiger partial charge is 0.335 e. The molecule has 0 aliphatic heterocycles. The molecule has 0 aromatic carbocycles. The quantitative estimate of drug-likeness (QED) is 0.358. The fraction of sp³-hybridized carbons (Fsp3) is 0.938. The van der Waals surface area contributed by atoms with Gasteiger partial charge in [-0.2, -0.15) is 0 Å². The van der Waals surface area contributed by atoms with Crippen LogP contribution in [0, 0.1) is 0 Å². The van der Waals surface area contributed by atoms with E-state index in [1.807, 2.05) is 0 Å². The predicted molar refractivity (Wildman–Crippen MR) is 84.1 cm³/mol. The summed E-state index contributed by atoms with van der Waals surface area (Å²) in [7, 11) is 0. The van der Waals surface area contributed by atoms with E-state index in [-0.39, 0.29) is 5.97 Å². The van der Waals surface area contributed by atoms with Crippen LogP contribution in [0.4, 0.5) is 0 Å². The maximum absolute atomic E-state index is 11.7. The van der Waals surface area contributed by atoms with Crippen LogP contribution in [-0.4, -0.2) is 43.5 Å². The molecule has 0 aromatic heterocycles. The van der Waals surface area contributed by atoms with Gasteiger partial charge < -0.3 is 20.3 Å². The van der Waals surface area contributed by atoms with E-state index in [0.29, 0.717) is 32.8 Å². The molecule has 0 saturated heterocycles. The Kier molecular flexibility index (Phi) is 15.2. The zero-order valence-corrected chi connectivity index (χ0v) is 13.5. The third-order valence-corrected chi connectivity index (χ3v) is 3.36. The third-order valence-electron chi connectivity index (χ3n) is 3.36. The van der Waals surface area contributed by atoms with Gasteiger partial charge in [0.1, 0.15) is 0 Å². The minimum absolute atomic E-state index is 0.269. The van der Waals surface area contributed by atoms with Crippen LogP contribution in [0.2, 0.25) is 0 Å². The Morgan fingerprint density at radius 2 is 1.62 bits per heavy atom. The van der Waals surface area contributed by atoms with E-state index < -0.39 is 6.10 Å². The molecule has 5 heteroatoms. The minimum Gasteiger partial charge on any atom is -0.464 e. The molecule has 0 heterocycles. The summed E-state index contributed by atoms with van der Waals surface area (Å²) in [5, 5.41) is 8.68. The highest BCUT2D eigenvalue weighted by atomic mass is 16.6. The lowest BCUT2D eigenvalue weighted by Gasteiger charge is -2.15. The number of hydrogen-bond acceptors (Lipinski definition) is 5. The number of ether oxygens (including phenoxy) is 2. The number of nitrogens with two attached hydrogens (primary N) is 1. The lowest BCUT2D eigenvalue weighted by molar-refractivity contribution is -0.157. The van der Waals surface area contributed by atoms with Crippen LogP contribution in [-0.2, 0) is 14.3 Å². The topological polar surface area (TPSA) is 81.8 Å². The normalized spacial score (nSPS) is 12.3. The van der Waals surface area contributed by atoms with Crippen LogP contribution in [0.5, 0.6) is 0 Å². The molecule has 0 fully saturated rings. The maximum atomic E-state index is 11.7. The molecule has 3 N–H and O–H groups in total. The zero-order chi connectivity index (χ0) is 15.8. The lowest BCUT2D eigenvalue weighted by Crippen LogP contribution is -2.28. The van der Waals surface area contributed by atoms with E-state index in [0.717, 1.165) is 25.7 Å². The molecule has 5 nitrogen and oxygen atoms in total. The first-order valence-corrected chi connectivity index (χ1v) is 8.35. The van der Waals surface area contributed by atoms with Gasteiger partial charge in [0.25, 0.3) is 0 Å². The molecule has 0 aromatic rings. The highest BCUT2D eigenvalue weighted by Crippen LogP contribution is 2.12. The SMILES string of the molecule is CCOC(=O)C(CCCCCCCCCCO)OCCN. The largest absolute Gasteiger partial charge is 0.464 e. The Morgan fingerprint density at radius 3 is 2.14 bits per heavy atom. The van der Waals surface area contributed by atoms with Crippen molar-refractivity contribution >= 4 is 5.97 Å². The van der Waals surface area contributed by atoms with Crippen LogP contribution in [0.3, 0.4) is 0 Å². The second-order valence-electron chi connectivity index (χ2n) is 5.24. The molecule has 0 radical (unpaired) electrons. The van der Waals surface area contributed by atoms with Crippen molar-refractivity contribution in [3.8, 4) is 0 Å². The van der Waals surface area contributed by atoms with Crippen LogP contribution in [0.1, 0.15) is 64.7 Å². The number of carbonyl (C=O) groups excluding carboxylic acids is 1. The fourth-order valence-electron chi connectivity index (χ4n) is 2.22. The molecule has 0 amide bonds. The Morgan fingerprint density at radius 1 is 1.05 bits per heavy atom. The summed E-state index contributed by atoms with van der Waals surface area (Å²) in [5.74, 6) is -0.269. The minimum atomic E-state index is -0.460. The molecule has 1 unspecified atom stereocenters. The Hall–Kier alpha value is -0.650. The number of rotatable bonds is 15. The highest BCUT2D eigenvalue weighted by Gasteiger charge is 2.19. The highest BCUT2D eigenvalue weighted by molar-refractivity contribution is 5.74. The monoisotopic (exact) mass is 303 g/mol. The van der Waals surface area contributed by atoms with Crippen molar-refractivity contribution < 1.29 is 19.4 Å². The first-order valence-electron chi connectivity index (χ1n) is 8.35. The summed E-state index contributed by atoms with van der Waals surface area (Å²) < 4.78 is 10.5. The average molecular weight is 303 g/mol. The van der Waals surface area contributed by atoms with Gasteiger partial charge >= 0.3 is 5.97 Å². The van der Waals surface area contributed by atoms with E-state index in [1.54, 1.807) is 6.92 Å². The summed E-state index contributed by atoms with van der Waals surface area (Å²) in [6.07, 6.45) is 9.21. The maximum Gasteiger partial charge on any atom is 0.335 e. The molecule has 0 rings (SSSR count). The van der Waals surface area contributed by atoms with E-state index in [1.165, 1.54) is 25.7 Å². The summed E-state index contributed by atoms with van der Waals surface area (Å²) in [5.41, 5.74) is 5.40. The number of aliphatic hydroxyl groups is 1. The van der Waals surface area contributed by atoms with Gasteiger partial charge in [-0.1, -0.05) is 44.9 Å². The standard InChI is InChI=1S/C16H33NO4/c1-2-20-16(19)15(21-14-12-17)11-9-7-5-3-4-6-8-10-13-18/h15,18H,2-14,17H2,1H3. The van der Waals surface area contributed by atoms with Gasteiger partial charge in [0, 0.05) is 13.2 Å². The number of esters is 1. The Labute approximate surface area is 129 Å². The van der Waals surface area contributed by atoms with Gasteiger partial charge in [0.2, 0.25) is 0 Å². The van der Waals surface area contributed by atoms with Gasteiger partial charge in [-0.15, -0.1) is 0 Å². The van der Waals surface area contributed by atoms with Gasteiger partial charge in [-0.05, 0) is 19.8 Å². The molecular weight excluding hydrogens is 270 g/mol. The summed E-state index contributed by atoms with van der Waals surface area (Å²) in [6, 6.07) is 0. The second-order valence-corrected chi connectivity index (χ2v) is 5.24. The van der Waals surface area contributed by atoms with Crippen molar-refractivity contribution in [2.24, 2.45) is 5.73 Å². The first kappa shape index (κ1) is 20.3. The molecule has 0 bridgehead atoms. The van der Waals surface area contributed by atoms with E-state index >= 15 is 0 Å². The molecule has 0 aliphatic carbocycles. The Bertz CT molecular complexity index is 236. The predicted octanol–water partition coefficient (Wildman–Crippen LogP) is 2.40. The number of carbonyl (C=O) groups is 1. The van der Waals surface area contributed by atoms with E-state index in [2.05, 4.69) is 0 Å². The fourth-order valence-corrected chi connectivity index (χ4v) is 2.22. The molecule has 0 saturated carbocycles. The molecule has 21 heavy (non-hydrogen) atoms. The van der Waals surface area contributed by atoms with Crippen LogP contribution in [0.25, 0.3) is 0 Å². The Balaban J connectivity index is 3.60. The third kappa shape index (κ3) is 12.8. The van der Waals surface area contributed by atoms with Crippen LogP contribution < -0.4 is 5.73 Å². The van der Waals surface area contributed by atoms with Crippen molar-refractivity contribution in [1.82, 2.24) is 0 Å². The number of aliphatic hydroxyl groups excluding tert-OH is 1. The molecular formula is C16H33NO4. The van der Waals surface area contributed by atoms with Gasteiger partial charge in [0.05, 0.1) is 13.2 Å². The molecule has 126 valence electrons. The molecule has 1 atom stereocenters. The summed E-state index contributed by atoms with van der Waals surface area (Å²) in [4.78, 5) is 11.7. The number of unbranched alkanes of at least 4 members (excludes halogenated alkanes) is 7. The van der Waals surface area contributed by atoms with Gasteiger partial charge in [-0.25, -0.2) is 4.79 Å². The summed E-state index contributed by atoms with van der Waals surface area (Å²) in [6.45, 7) is 3.31. The average Bonchev–Trinajstić information content (AvgIpc) is 2.48. The van der Waals surface area contributed by atoms with Gasteiger partial charge in [-0.3, -0.25) is 0 Å². The van der Waals surface area contributed by atoms with E-state index in [4.69, 9.17) is 20.3 Å². The first-order chi connectivity index (χ1) is 10.3.